The lowest BCUT2D eigenvalue weighted by molar-refractivity contribution is 0.209. The summed E-state index contributed by atoms with van der Waals surface area (Å²) in [5.74, 6) is 0.618. The largest absolute Gasteiger partial charge is 0.321 e. The Labute approximate surface area is 115 Å². The van der Waals surface area contributed by atoms with Crippen molar-refractivity contribution < 1.29 is 0 Å². The lowest BCUT2D eigenvalue weighted by Crippen LogP contribution is -2.47. The normalized spacial score (nSPS) is 25.9. The van der Waals surface area contributed by atoms with Crippen LogP contribution in [0.15, 0.2) is 48.5 Å². The monoisotopic (exact) mass is 251 g/mol. The van der Waals surface area contributed by atoms with Crippen LogP contribution in [0.3, 0.4) is 0 Å². The second-order valence-electron chi connectivity index (χ2n) is 6.05. The van der Waals surface area contributed by atoms with Crippen LogP contribution < -0.4 is 5.73 Å². The molecule has 1 nitrogen and oxygen atoms in total. The predicted molar refractivity (Wildman–Crippen MR) is 80.2 cm³/mol. The first kappa shape index (κ1) is 12.4. The Kier molecular flexibility index (Phi) is 2.94. The van der Waals surface area contributed by atoms with Crippen LogP contribution in [0.2, 0.25) is 0 Å². The Morgan fingerprint density at radius 1 is 0.947 bits per heavy atom. The van der Waals surface area contributed by atoms with Crippen LogP contribution in [0, 0.1) is 13.8 Å². The molecule has 0 bridgehead atoms. The van der Waals surface area contributed by atoms with Crippen molar-refractivity contribution in [2.75, 3.05) is 0 Å². The molecular formula is C18H21N. The minimum absolute atomic E-state index is 0.128. The zero-order chi connectivity index (χ0) is 13.5. The second-order valence-corrected chi connectivity index (χ2v) is 6.05. The Balaban J connectivity index is 1.81. The summed E-state index contributed by atoms with van der Waals surface area (Å²) in [5, 5.41) is 0. The van der Waals surface area contributed by atoms with E-state index in [-0.39, 0.29) is 5.54 Å². The first-order valence-corrected chi connectivity index (χ1v) is 6.99. The standard InChI is InChI=1S/C18H21N/c1-13-8-14(2)10-17(9-13)18(19)11-16(12-18)15-6-4-3-5-7-15/h3-10,16H,11-12,19H2,1-2H3. The molecule has 0 unspecified atom stereocenters. The van der Waals surface area contributed by atoms with E-state index in [1.807, 2.05) is 0 Å². The van der Waals surface area contributed by atoms with Gasteiger partial charge in [0.15, 0.2) is 0 Å². The number of hydrogen-bond acceptors (Lipinski definition) is 1. The van der Waals surface area contributed by atoms with Crippen LogP contribution >= 0.6 is 0 Å². The summed E-state index contributed by atoms with van der Waals surface area (Å²) in [6.07, 6.45) is 2.11. The van der Waals surface area contributed by atoms with Gasteiger partial charge in [-0.15, -0.1) is 0 Å². The highest BCUT2D eigenvalue weighted by Gasteiger charge is 2.42. The van der Waals surface area contributed by atoms with Gasteiger partial charge in [0, 0.05) is 5.54 Å². The Morgan fingerprint density at radius 3 is 2.11 bits per heavy atom. The average Bonchev–Trinajstić information content (AvgIpc) is 2.35. The third-order valence-electron chi connectivity index (χ3n) is 4.29. The molecule has 1 aliphatic rings. The highest BCUT2D eigenvalue weighted by molar-refractivity contribution is 5.37. The highest BCUT2D eigenvalue weighted by Crippen LogP contribution is 2.49. The number of hydrogen-bond donors (Lipinski definition) is 1. The molecule has 0 amide bonds. The molecule has 0 heterocycles. The zero-order valence-electron chi connectivity index (χ0n) is 11.7. The van der Waals surface area contributed by atoms with Crippen LogP contribution in [0.5, 0.6) is 0 Å². The van der Waals surface area contributed by atoms with Crippen molar-refractivity contribution in [3.8, 4) is 0 Å². The van der Waals surface area contributed by atoms with Crippen molar-refractivity contribution in [1.29, 1.82) is 0 Å². The van der Waals surface area contributed by atoms with Gasteiger partial charge < -0.3 is 5.73 Å². The lowest BCUT2D eigenvalue weighted by atomic mass is 9.63. The third kappa shape index (κ3) is 2.31. The van der Waals surface area contributed by atoms with Crippen molar-refractivity contribution in [2.24, 2.45) is 5.73 Å². The zero-order valence-corrected chi connectivity index (χ0v) is 11.7. The topological polar surface area (TPSA) is 26.0 Å². The molecule has 0 aliphatic heterocycles. The van der Waals surface area contributed by atoms with Gasteiger partial charge in [0.25, 0.3) is 0 Å². The van der Waals surface area contributed by atoms with E-state index in [1.165, 1.54) is 22.3 Å². The molecule has 1 heteroatoms. The van der Waals surface area contributed by atoms with Crippen molar-refractivity contribution >= 4 is 0 Å². The Bertz CT molecular complexity index is 560. The fourth-order valence-corrected chi connectivity index (χ4v) is 3.28. The minimum atomic E-state index is -0.128. The number of rotatable bonds is 2. The molecule has 1 saturated carbocycles. The molecule has 0 spiro atoms. The Hall–Kier alpha value is -1.60. The SMILES string of the molecule is Cc1cc(C)cc(C2(N)CC(c3ccccc3)C2)c1. The van der Waals surface area contributed by atoms with E-state index in [0.29, 0.717) is 5.92 Å². The number of nitrogens with two attached hydrogens (primary N) is 1. The van der Waals surface area contributed by atoms with Gasteiger partial charge in [-0.3, -0.25) is 0 Å². The number of benzene rings is 2. The minimum Gasteiger partial charge on any atom is -0.321 e. The number of aryl methyl sites for hydroxylation is 2. The van der Waals surface area contributed by atoms with E-state index >= 15 is 0 Å². The van der Waals surface area contributed by atoms with Crippen molar-refractivity contribution in [1.82, 2.24) is 0 Å². The molecule has 2 aromatic carbocycles. The van der Waals surface area contributed by atoms with Gasteiger partial charge >= 0.3 is 0 Å². The van der Waals surface area contributed by atoms with Gasteiger partial charge in [-0.25, -0.2) is 0 Å². The molecule has 19 heavy (non-hydrogen) atoms. The molecule has 0 radical (unpaired) electrons. The van der Waals surface area contributed by atoms with E-state index in [9.17, 15) is 0 Å². The molecule has 2 aromatic rings. The van der Waals surface area contributed by atoms with Gasteiger partial charge in [0.05, 0.1) is 0 Å². The van der Waals surface area contributed by atoms with E-state index in [0.717, 1.165) is 12.8 Å². The molecule has 0 atom stereocenters. The molecule has 98 valence electrons. The van der Waals surface area contributed by atoms with E-state index < -0.39 is 0 Å². The second kappa shape index (κ2) is 4.50. The van der Waals surface area contributed by atoms with Gasteiger partial charge in [0.2, 0.25) is 0 Å². The summed E-state index contributed by atoms with van der Waals surface area (Å²) in [7, 11) is 0. The van der Waals surface area contributed by atoms with Crippen molar-refractivity contribution in [3.63, 3.8) is 0 Å². The summed E-state index contributed by atoms with van der Waals surface area (Å²) >= 11 is 0. The summed E-state index contributed by atoms with van der Waals surface area (Å²) in [6, 6.07) is 17.4. The maximum atomic E-state index is 6.59. The maximum Gasteiger partial charge on any atom is 0.0421 e. The van der Waals surface area contributed by atoms with Gasteiger partial charge in [-0.1, -0.05) is 59.7 Å². The first-order valence-electron chi connectivity index (χ1n) is 6.99. The first-order chi connectivity index (χ1) is 9.07. The molecule has 1 aliphatic carbocycles. The van der Waals surface area contributed by atoms with Crippen LogP contribution in [0.25, 0.3) is 0 Å². The highest BCUT2D eigenvalue weighted by atomic mass is 14.8. The lowest BCUT2D eigenvalue weighted by Gasteiger charge is -2.46. The van der Waals surface area contributed by atoms with E-state index in [1.54, 1.807) is 0 Å². The van der Waals surface area contributed by atoms with Crippen LogP contribution in [0.1, 0.15) is 41.0 Å². The third-order valence-corrected chi connectivity index (χ3v) is 4.29. The quantitative estimate of drug-likeness (QED) is 0.856. The summed E-state index contributed by atoms with van der Waals surface area (Å²) in [6.45, 7) is 4.29. The fraction of sp³-hybridized carbons (Fsp3) is 0.333. The fourth-order valence-electron chi connectivity index (χ4n) is 3.28. The predicted octanol–water partition coefficient (Wildman–Crippen LogP) is 4.04. The molecule has 0 aromatic heterocycles. The Morgan fingerprint density at radius 2 is 1.53 bits per heavy atom. The van der Waals surface area contributed by atoms with Gasteiger partial charge in [-0.05, 0) is 43.7 Å². The molecular weight excluding hydrogens is 230 g/mol. The van der Waals surface area contributed by atoms with Crippen molar-refractivity contribution in [2.45, 2.75) is 38.1 Å². The molecule has 1 fully saturated rings. The molecule has 3 rings (SSSR count). The van der Waals surface area contributed by atoms with Crippen LogP contribution in [-0.4, -0.2) is 0 Å². The van der Waals surface area contributed by atoms with Gasteiger partial charge in [-0.2, -0.15) is 0 Å². The smallest absolute Gasteiger partial charge is 0.0421 e. The van der Waals surface area contributed by atoms with Crippen LogP contribution in [0.4, 0.5) is 0 Å². The van der Waals surface area contributed by atoms with Gasteiger partial charge in [0.1, 0.15) is 0 Å². The maximum absolute atomic E-state index is 6.59. The summed E-state index contributed by atoms with van der Waals surface area (Å²) < 4.78 is 0. The average molecular weight is 251 g/mol. The van der Waals surface area contributed by atoms with E-state index in [4.69, 9.17) is 5.73 Å². The van der Waals surface area contributed by atoms with Crippen molar-refractivity contribution in [3.05, 3.63) is 70.8 Å². The van der Waals surface area contributed by atoms with Crippen LogP contribution in [-0.2, 0) is 5.54 Å². The summed E-state index contributed by atoms with van der Waals surface area (Å²) in [5.41, 5.74) is 11.8. The molecule has 0 saturated heterocycles. The van der Waals surface area contributed by atoms with E-state index in [2.05, 4.69) is 62.4 Å². The summed E-state index contributed by atoms with van der Waals surface area (Å²) in [4.78, 5) is 0. The molecule has 2 N–H and O–H groups in total.